The average molecular weight is 746 g/mol. The first-order chi connectivity index (χ1) is 28.5. The van der Waals surface area contributed by atoms with E-state index in [1.165, 1.54) is 33.4 Å². The highest BCUT2D eigenvalue weighted by Crippen LogP contribution is 2.52. The molecule has 0 bridgehead atoms. The molecule has 0 saturated carbocycles. The van der Waals surface area contributed by atoms with Crippen molar-refractivity contribution in [3.8, 4) is 67.5 Å². The van der Waals surface area contributed by atoms with Crippen molar-refractivity contribution in [2.75, 3.05) is 4.90 Å². The molecule has 0 aromatic heterocycles. The fraction of sp³-hybridized carbons (Fsp3) is 0.0545. The first-order valence-electron chi connectivity index (χ1n) is 19.9. The molecule has 276 valence electrons. The Morgan fingerprint density at radius 2 is 0.931 bits per heavy atom. The van der Waals surface area contributed by atoms with E-state index in [1.54, 1.807) is 0 Å². The van der Waals surface area contributed by atoms with Gasteiger partial charge in [0.25, 0.3) is 0 Å². The van der Waals surface area contributed by atoms with Crippen LogP contribution in [0, 0.1) is 0 Å². The van der Waals surface area contributed by atoms with Gasteiger partial charge in [-0.1, -0.05) is 153 Å². The molecular formula is C55H39NO2. The lowest BCUT2D eigenvalue weighted by Gasteiger charge is -2.28. The monoisotopic (exact) mass is 745 g/mol. The van der Waals surface area contributed by atoms with Gasteiger partial charge < -0.3 is 14.4 Å². The second-order valence-corrected chi connectivity index (χ2v) is 15.7. The second-order valence-electron chi connectivity index (χ2n) is 15.7. The fourth-order valence-electron chi connectivity index (χ4n) is 9.00. The van der Waals surface area contributed by atoms with Crippen LogP contribution in [0.25, 0.3) is 55.3 Å². The highest BCUT2D eigenvalue weighted by molar-refractivity contribution is 5.96. The Labute approximate surface area is 339 Å². The molecule has 0 spiro atoms. The highest BCUT2D eigenvalue weighted by atomic mass is 16.5. The Morgan fingerprint density at radius 3 is 1.76 bits per heavy atom. The van der Waals surface area contributed by atoms with Crippen molar-refractivity contribution >= 4 is 27.8 Å². The summed E-state index contributed by atoms with van der Waals surface area (Å²) in [5.41, 5.74) is 15.2. The van der Waals surface area contributed by atoms with Crippen LogP contribution in [0.2, 0.25) is 0 Å². The molecule has 0 amide bonds. The van der Waals surface area contributed by atoms with E-state index in [0.29, 0.717) is 11.5 Å². The second kappa shape index (κ2) is 13.4. The molecule has 2 aliphatic rings. The van der Waals surface area contributed by atoms with Crippen molar-refractivity contribution < 1.29 is 9.47 Å². The Morgan fingerprint density at radius 1 is 0.362 bits per heavy atom. The number of anilines is 3. The van der Waals surface area contributed by atoms with Gasteiger partial charge in [-0.15, -0.1) is 0 Å². The van der Waals surface area contributed by atoms with E-state index in [0.717, 1.165) is 61.6 Å². The molecule has 11 rings (SSSR count). The van der Waals surface area contributed by atoms with Crippen LogP contribution in [0.3, 0.4) is 0 Å². The van der Waals surface area contributed by atoms with E-state index < -0.39 is 0 Å². The average Bonchev–Trinajstić information content (AvgIpc) is 3.37. The molecule has 1 aliphatic carbocycles. The van der Waals surface area contributed by atoms with Gasteiger partial charge in [0.2, 0.25) is 0 Å². The molecule has 0 N–H and O–H groups in total. The Hall–Kier alpha value is -7.36. The molecule has 1 heterocycles. The van der Waals surface area contributed by atoms with Crippen molar-refractivity contribution in [2.24, 2.45) is 0 Å². The van der Waals surface area contributed by atoms with Crippen LogP contribution in [0.4, 0.5) is 17.1 Å². The molecule has 0 saturated heterocycles. The topological polar surface area (TPSA) is 21.7 Å². The van der Waals surface area contributed by atoms with Gasteiger partial charge in [0.1, 0.15) is 11.5 Å². The summed E-state index contributed by atoms with van der Waals surface area (Å²) in [6.07, 6.45) is 0. The number of rotatable bonds is 6. The molecule has 9 aromatic carbocycles. The summed E-state index contributed by atoms with van der Waals surface area (Å²) >= 11 is 0. The summed E-state index contributed by atoms with van der Waals surface area (Å²) in [5, 5.41) is 2.06. The van der Waals surface area contributed by atoms with Crippen LogP contribution in [0.1, 0.15) is 25.0 Å². The largest absolute Gasteiger partial charge is 0.453 e. The summed E-state index contributed by atoms with van der Waals surface area (Å²) in [6, 6.07) is 71.3. The predicted octanol–water partition coefficient (Wildman–Crippen LogP) is 15.5. The SMILES string of the molecule is CC1(C)c2ccccc2-c2ccc(N(c3ccc(-c4ccccc4)cc3)c3cccc(-c4cccc(-c5cccc6c5Oc5cccc7cccc(c57)O6)c4)c3)cc21. The summed E-state index contributed by atoms with van der Waals surface area (Å²) in [6.45, 7) is 4.69. The normalized spacial score (nSPS) is 13.1. The summed E-state index contributed by atoms with van der Waals surface area (Å²) in [7, 11) is 0. The van der Waals surface area contributed by atoms with Crippen molar-refractivity contribution in [2.45, 2.75) is 19.3 Å². The molecule has 9 aromatic rings. The van der Waals surface area contributed by atoms with E-state index in [2.05, 4.69) is 183 Å². The van der Waals surface area contributed by atoms with Crippen molar-refractivity contribution in [3.05, 3.63) is 211 Å². The van der Waals surface area contributed by atoms with E-state index in [1.807, 2.05) is 36.4 Å². The van der Waals surface area contributed by atoms with Crippen LogP contribution in [-0.2, 0) is 5.41 Å². The number of benzene rings is 9. The number of fused-ring (bicyclic) bond motifs is 4. The number of hydrogen-bond acceptors (Lipinski definition) is 3. The van der Waals surface area contributed by atoms with Crippen molar-refractivity contribution in [1.29, 1.82) is 0 Å². The van der Waals surface area contributed by atoms with Crippen molar-refractivity contribution in [1.82, 2.24) is 0 Å². The maximum Gasteiger partial charge on any atom is 0.177 e. The molecule has 0 atom stereocenters. The van der Waals surface area contributed by atoms with Crippen LogP contribution in [0.15, 0.2) is 200 Å². The summed E-state index contributed by atoms with van der Waals surface area (Å²) < 4.78 is 13.3. The Bertz CT molecular complexity index is 3030. The van der Waals surface area contributed by atoms with E-state index in [4.69, 9.17) is 9.47 Å². The third-order valence-electron chi connectivity index (χ3n) is 11.9. The van der Waals surface area contributed by atoms with Gasteiger partial charge in [-0.2, -0.15) is 0 Å². The van der Waals surface area contributed by atoms with Crippen LogP contribution >= 0.6 is 0 Å². The standard InChI is InChI=1S/C55H39NO2/c1-55(2)48-23-7-6-21-46(48)47-32-31-44(35-49(47)55)56(42-29-27-37(28-30-42)36-13-4-3-5-14-36)43-20-9-18-40(34-43)39-17-8-19-41(33-39)45-22-12-26-52-54(45)58-51-25-11-16-38-15-10-24-50(57-52)53(38)51/h3-35H,1-2H3. The zero-order valence-electron chi connectivity index (χ0n) is 32.3. The smallest absolute Gasteiger partial charge is 0.177 e. The van der Waals surface area contributed by atoms with Gasteiger partial charge in [0, 0.05) is 28.0 Å². The minimum absolute atomic E-state index is 0.118. The summed E-state index contributed by atoms with van der Waals surface area (Å²) in [5.74, 6) is 3.00. The van der Waals surface area contributed by atoms with Gasteiger partial charge in [-0.25, -0.2) is 0 Å². The van der Waals surface area contributed by atoms with Gasteiger partial charge in [0.05, 0.1) is 5.39 Å². The maximum absolute atomic E-state index is 6.73. The zero-order chi connectivity index (χ0) is 38.8. The fourth-order valence-corrected chi connectivity index (χ4v) is 9.00. The van der Waals surface area contributed by atoms with Gasteiger partial charge in [-0.3, -0.25) is 0 Å². The first kappa shape index (κ1) is 33.9. The quantitative estimate of drug-likeness (QED) is 0.169. The van der Waals surface area contributed by atoms with E-state index in [-0.39, 0.29) is 5.41 Å². The third-order valence-corrected chi connectivity index (χ3v) is 11.9. The van der Waals surface area contributed by atoms with E-state index >= 15 is 0 Å². The summed E-state index contributed by atoms with van der Waals surface area (Å²) in [4.78, 5) is 2.39. The maximum atomic E-state index is 6.73. The van der Waals surface area contributed by atoms with Gasteiger partial charge in [0.15, 0.2) is 11.5 Å². The third kappa shape index (κ3) is 5.58. The molecule has 3 nitrogen and oxygen atoms in total. The Kier molecular flexibility index (Phi) is 7.84. The molecule has 1 aliphatic heterocycles. The zero-order valence-corrected chi connectivity index (χ0v) is 32.3. The molecule has 0 fully saturated rings. The highest BCUT2D eigenvalue weighted by Gasteiger charge is 2.35. The minimum atomic E-state index is -0.118. The number of para-hydroxylation sites is 1. The molecule has 3 heteroatoms. The lowest BCUT2D eigenvalue weighted by Crippen LogP contribution is -2.16. The predicted molar refractivity (Wildman–Crippen MR) is 239 cm³/mol. The van der Waals surface area contributed by atoms with Crippen LogP contribution < -0.4 is 14.4 Å². The molecule has 0 unspecified atom stereocenters. The molecule has 58 heavy (non-hydrogen) atoms. The van der Waals surface area contributed by atoms with Gasteiger partial charge >= 0.3 is 0 Å². The number of hydrogen-bond donors (Lipinski definition) is 0. The van der Waals surface area contributed by atoms with E-state index in [9.17, 15) is 0 Å². The lowest BCUT2D eigenvalue weighted by atomic mass is 9.82. The van der Waals surface area contributed by atoms with Crippen LogP contribution in [0.5, 0.6) is 23.0 Å². The van der Waals surface area contributed by atoms with Gasteiger partial charge in [-0.05, 0) is 116 Å². The number of nitrogens with zero attached hydrogens (tertiary/aromatic N) is 1. The molecule has 0 radical (unpaired) electrons. The van der Waals surface area contributed by atoms with Crippen molar-refractivity contribution in [3.63, 3.8) is 0 Å². The minimum Gasteiger partial charge on any atom is -0.453 e. The first-order valence-corrected chi connectivity index (χ1v) is 19.9. The Balaban J connectivity index is 1.00. The molecular weight excluding hydrogens is 707 g/mol. The lowest BCUT2D eigenvalue weighted by molar-refractivity contribution is 0.440. The van der Waals surface area contributed by atoms with Crippen LogP contribution in [-0.4, -0.2) is 0 Å². The number of ether oxygens (including phenoxy) is 2.